The van der Waals surface area contributed by atoms with E-state index in [0.717, 1.165) is 5.58 Å². The van der Waals surface area contributed by atoms with Crippen LogP contribution in [0.15, 0.2) is 34.7 Å². The van der Waals surface area contributed by atoms with Gasteiger partial charge in [0.15, 0.2) is 0 Å². The smallest absolute Gasteiger partial charge is 0.133 e. The molecule has 0 saturated heterocycles. The average Bonchev–Trinajstić information content (AvgIpc) is 2.76. The Morgan fingerprint density at radius 1 is 1.00 bits per heavy atom. The van der Waals surface area contributed by atoms with Crippen molar-refractivity contribution in [1.29, 1.82) is 0 Å². The highest BCUT2D eigenvalue weighted by molar-refractivity contribution is 6.91. The highest BCUT2D eigenvalue weighted by Crippen LogP contribution is 2.24. The highest BCUT2D eigenvalue weighted by atomic mass is 28.3. The van der Waals surface area contributed by atoms with E-state index < -0.39 is 8.07 Å². The average molecular weight is 232 g/mol. The minimum Gasteiger partial charge on any atom is -0.466 e. The Balaban J connectivity index is 2.53. The van der Waals surface area contributed by atoms with Crippen molar-refractivity contribution in [3.8, 4) is 0 Å². The summed E-state index contributed by atoms with van der Waals surface area (Å²) in [6, 6.07) is 14.4. The first-order valence-corrected chi connectivity index (χ1v) is 8.87. The van der Waals surface area contributed by atoms with Crippen LogP contribution in [-0.2, 0) is 0 Å². The number of hydrogen-bond donors (Lipinski definition) is 0. The quantitative estimate of drug-likeness (QED) is 0.722. The third-order valence-corrected chi connectivity index (χ3v) is 9.33. The molecule has 0 fully saturated rings. The van der Waals surface area contributed by atoms with Crippen molar-refractivity contribution in [1.82, 2.24) is 0 Å². The van der Waals surface area contributed by atoms with E-state index in [1.165, 1.54) is 28.9 Å². The first-order chi connectivity index (χ1) is 7.75. The second-order valence-electron chi connectivity index (χ2n) is 4.49. The molecule has 16 heavy (non-hydrogen) atoms. The van der Waals surface area contributed by atoms with Crippen molar-refractivity contribution in [3.63, 3.8) is 0 Å². The van der Waals surface area contributed by atoms with Gasteiger partial charge in [-0.2, -0.15) is 0 Å². The third-order valence-electron chi connectivity index (χ3n) is 3.98. The summed E-state index contributed by atoms with van der Waals surface area (Å²) in [5, 5.41) is 2.55. The van der Waals surface area contributed by atoms with E-state index in [2.05, 4.69) is 45.0 Å². The lowest BCUT2D eigenvalue weighted by Gasteiger charge is -2.24. The third kappa shape index (κ3) is 1.71. The predicted octanol–water partition coefficient (Wildman–Crippen LogP) is 4.15. The predicted molar refractivity (Wildman–Crippen MR) is 73.0 cm³/mol. The van der Waals surface area contributed by atoms with Gasteiger partial charge in [-0.15, -0.1) is 0 Å². The Labute approximate surface area is 98.5 Å². The van der Waals surface area contributed by atoms with Gasteiger partial charge in [0.25, 0.3) is 0 Å². The molecule has 0 bridgehead atoms. The van der Waals surface area contributed by atoms with Crippen LogP contribution in [0.4, 0.5) is 0 Å². The fourth-order valence-electron chi connectivity index (χ4n) is 2.52. The molecule has 0 radical (unpaired) electrons. The van der Waals surface area contributed by atoms with Crippen molar-refractivity contribution >= 4 is 24.4 Å². The van der Waals surface area contributed by atoms with E-state index >= 15 is 0 Å². The van der Waals surface area contributed by atoms with Gasteiger partial charge in [-0.25, -0.2) is 0 Å². The molecule has 1 aromatic heterocycles. The molecule has 0 unspecified atom stereocenters. The van der Waals surface area contributed by atoms with Gasteiger partial charge in [0.2, 0.25) is 0 Å². The molecule has 2 aromatic rings. The van der Waals surface area contributed by atoms with Crippen LogP contribution < -0.4 is 5.38 Å². The van der Waals surface area contributed by atoms with Gasteiger partial charge in [0.05, 0.1) is 5.38 Å². The highest BCUT2D eigenvalue weighted by Gasteiger charge is 2.32. The van der Waals surface area contributed by atoms with Crippen molar-refractivity contribution in [2.24, 2.45) is 0 Å². The van der Waals surface area contributed by atoms with Gasteiger partial charge in [0, 0.05) is 5.39 Å². The second-order valence-corrected chi connectivity index (χ2v) is 9.66. The zero-order valence-electron chi connectivity index (χ0n) is 10.4. The largest absolute Gasteiger partial charge is 0.466 e. The Kier molecular flexibility index (Phi) is 3.19. The summed E-state index contributed by atoms with van der Waals surface area (Å²) in [6.07, 6.45) is 0. The summed E-state index contributed by atoms with van der Waals surface area (Å²) in [4.78, 5) is 0. The lowest BCUT2D eigenvalue weighted by Crippen LogP contribution is -2.44. The Bertz CT molecular complexity index is 427. The minimum atomic E-state index is -1.34. The Hall–Kier alpha value is -1.02. The fraction of sp³-hybridized carbons (Fsp3) is 0.429. The van der Waals surface area contributed by atoms with Crippen LogP contribution in [0.1, 0.15) is 20.8 Å². The molecule has 86 valence electrons. The number of rotatable bonds is 4. The zero-order valence-corrected chi connectivity index (χ0v) is 11.4. The van der Waals surface area contributed by atoms with E-state index in [-0.39, 0.29) is 0 Å². The van der Waals surface area contributed by atoms with Crippen molar-refractivity contribution in [2.45, 2.75) is 38.9 Å². The maximum absolute atomic E-state index is 6.07. The van der Waals surface area contributed by atoms with Crippen LogP contribution in [0, 0.1) is 0 Å². The maximum Gasteiger partial charge on any atom is 0.133 e. The molecule has 0 aliphatic carbocycles. The Morgan fingerprint density at radius 3 is 2.19 bits per heavy atom. The summed E-state index contributed by atoms with van der Waals surface area (Å²) in [5.41, 5.74) is 1.05. The van der Waals surface area contributed by atoms with E-state index in [0.29, 0.717) is 0 Å². The summed E-state index contributed by atoms with van der Waals surface area (Å²) in [5.74, 6) is 0. The lowest BCUT2D eigenvalue weighted by atomic mass is 10.3. The summed E-state index contributed by atoms with van der Waals surface area (Å²) < 4.78 is 6.07. The van der Waals surface area contributed by atoms with Crippen molar-refractivity contribution in [2.75, 3.05) is 0 Å². The lowest BCUT2D eigenvalue weighted by molar-refractivity contribution is 0.645. The number of benzene rings is 1. The number of hydrogen-bond acceptors (Lipinski definition) is 1. The number of fused-ring (bicyclic) bond motifs is 1. The van der Waals surface area contributed by atoms with Crippen LogP contribution in [0.3, 0.4) is 0 Å². The fourth-order valence-corrected chi connectivity index (χ4v) is 5.85. The van der Waals surface area contributed by atoms with Gasteiger partial charge < -0.3 is 4.42 Å². The van der Waals surface area contributed by atoms with Crippen LogP contribution >= 0.6 is 0 Å². The molecule has 1 aromatic carbocycles. The zero-order chi connectivity index (χ0) is 11.6. The molecule has 0 aliphatic rings. The summed E-state index contributed by atoms with van der Waals surface area (Å²) >= 11 is 0. The van der Waals surface area contributed by atoms with Crippen molar-refractivity contribution < 1.29 is 4.42 Å². The standard InChI is InChI=1S/C14H20OSi/c1-4-16(5-2,6-3)14-11-12-9-7-8-10-13(12)15-14/h7-11H,4-6H2,1-3H3. The van der Waals surface area contributed by atoms with Crippen LogP contribution in [-0.4, -0.2) is 8.07 Å². The molecule has 1 heterocycles. The molecular formula is C14H20OSi. The second kappa shape index (κ2) is 4.46. The molecule has 2 rings (SSSR count). The van der Waals surface area contributed by atoms with E-state index in [9.17, 15) is 0 Å². The minimum absolute atomic E-state index is 1.05. The SMILES string of the molecule is CC[Si](CC)(CC)c1cc2ccccc2o1. The number of para-hydroxylation sites is 1. The van der Waals surface area contributed by atoms with Gasteiger partial charge in [-0.05, 0) is 12.1 Å². The van der Waals surface area contributed by atoms with Gasteiger partial charge in [-0.3, -0.25) is 0 Å². The molecule has 0 atom stereocenters. The topological polar surface area (TPSA) is 13.1 Å². The molecule has 0 saturated carbocycles. The maximum atomic E-state index is 6.07. The molecule has 0 spiro atoms. The summed E-state index contributed by atoms with van der Waals surface area (Å²) in [6.45, 7) is 6.94. The normalized spacial score (nSPS) is 12.2. The molecule has 0 aliphatic heterocycles. The number of furan rings is 1. The molecular weight excluding hydrogens is 212 g/mol. The first-order valence-electron chi connectivity index (χ1n) is 6.24. The van der Waals surface area contributed by atoms with Gasteiger partial charge >= 0.3 is 0 Å². The van der Waals surface area contributed by atoms with E-state index in [1.807, 2.05) is 6.07 Å². The van der Waals surface area contributed by atoms with Crippen LogP contribution in [0.25, 0.3) is 11.0 Å². The monoisotopic (exact) mass is 232 g/mol. The molecule has 0 N–H and O–H groups in total. The van der Waals surface area contributed by atoms with E-state index in [4.69, 9.17) is 4.42 Å². The molecule has 2 heteroatoms. The molecule has 1 nitrogen and oxygen atoms in total. The van der Waals surface area contributed by atoms with Gasteiger partial charge in [-0.1, -0.05) is 57.1 Å². The van der Waals surface area contributed by atoms with E-state index in [1.54, 1.807) is 0 Å². The van der Waals surface area contributed by atoms with Crippen LogP contribution in [0.5, 0.6) is 0 Å². The van der Waals surface area contributed by atoms with Gasteiger partial charge in [0.1, 0.15) is 13.7 Å². The summed E-state index contributed by atoms with van der Waals surface area (Å²) in [7, 11) is -1.34. The van der Waals surface area contributed by atoms with Crippen molar-refractivity contribution in [3.05, 3.63) is 30.3 Å². The Morgan fingerprint density at radius 2 is 1.62 bits per heavy atom. The van der Waals surface area contributed by atoms with Crippen LogP contribution in [0.2, 0.25) is 18.1 Å². The molecule has 0 amide bonds. The first kappa shape index (κ1) is 11.5.